The van der Waals surface area contributed by atoms with E-state index in [-0.39, 0.29) is 11.7 Å². The zero-order chi connectivity index (χ0) is 13.1. The van der Waals surface area contributed by atoms with E-state index in [4.69, 9.17) is 4.74 Å². The monoisotopic (exact) mass is 238 g/mol. The van der Waals surface area contributed by atoms with Crippen molar-refractivity contribution in [3.63, 3.8) is 0 Å². The van der Waals surface area contributed by atoms with Crippen LogP contribution < -0.4 is 0 Å². The molecule has 0 aromatic carbocycles. The van der Waals surface area contributed by atoms with E-state index < -0.39 is 5.60 Å². The first kappa shape index (κ1) is 14.5. The molecule has 0 unspecified atom stereocenters. The van der Waals surface area contributed by atoms with Gasteiger partial charge in [0, 0.05) is 0 Å². The lowest BCUT2D eigenvalue weighted by atomic mass is 9.82. The van der Waals surface area contributed by atoms with Crippen LogP contribution in [0.2, 0.25) is 0 Å². The largest absolute Gasteiger partial charge is 0.390 e. The van der Waals surface area contributed by atoms with Crippen LogP contribution in [0.3, 0.4) is 0 Å². The summed E-state index contributed by atoms with van der Waals surface area (Å²) in [5, 5.41) is 10.1. The molecule has 0 radical (unpaired) electrons. The molecule has 0 amide bonds. The molecule has 1 saturated heterocycles. The van der Waals surface area contributed by atoms with E-state index in [1.807, 2.05) is 19.9 Å². The molecule has 1 fully saturated rings. The number of aliphatic hydroxyl groups is 1. The Bertz CT molecular complexity index is 304. The lowest BCUT2D eigenvalue weighted by Crippen LogP contribution is -2.52. The van der Waals surface area contributed by atoms with Gasteiger partial charge in [-0.3, -0.25) is 0 Å². The highest BCUT2D eigenvalue weighted by Gasteiger charge is 2.43. The standard InChI is InChI=1S/C15H26O2/c1-6-14(4)11-9-13(16)15(5,17-14)10-7-8-12(2)3/h6,8,13,16H,1,7,9-11H2,2-5H3/t13-,14+,15-/m0/s1. The van der Waals surface area contributed by atoms with Gasteiger partial charge in [0.15, 0.2) is 0 Å². The van der Waals surface area contributed by atoms with Crippen molar-refractivity contribution in [2.45, 2.75) is 70.7 Å². The Morgan fingerprint density at radius 1 is 1.47 bits per heavy atom. The summed E-state index contributed by atoms with van der Waals surface area (Å²) in [5.74, 6) is 0. The molecule has 2 nitrogen and oxygen atoms in total. The fourth-order valence-corrected chi connectivity index (χ4v) is 2.39. The van der Waals surface area contributed by atoms with E-state index in [2.05, 4.69) is 26.5 Å². The van der Waals surface area contributed by atoms with Gasteiger partial charge in [-0.05, 0) is 53.4 Å². The van der Waals surface area contributed by atoms with Crippen molar-refractivity contribution < 1.29 is 9.84 Å². The minimum absolute atomic E-state index is 0.293. The maximum atomic E-state index is 10.1. The van der Waals surface area contributed by atoms with Crippen LogP contribution in [-0.4, -0.2) is 22.4 Å². The Morgan fingerprint density at radius 3 is 2.65 bits per heavy atom. The molecule has 98 valence electrons. The first-order valence-electron chi connectivity index (χ1n) is 6.46. The maximum Gasteiger partial charge on any atom is 0.0926 e. The molecule has 1 aliphatic heterocycles. The molecule has 1 N–H and O–H groups in total. The molecule has 0 spiro atoms. The Hall–Kier alpha value is -0.600. The summed E-state index contributed by atoms with van der Waals surface area (Å²) in [6.07, 6.45) is 7.11. The lowest BCUT2D eigenvalue weighted by Gasteiger charge is -2.47. The Morgan fingerprint density at radius 2 is 2.12 bits per heavy atom. The van der Waals surface area contributed by atoms with Gasteiger partial charge in [-0.1, -0.05) is 17.7 Å². The number of rotatable bonds is 4. The molecule has 2 heteroatoms. The fourth-order valence-electron chi connectivity index (χ4n) is 2.39. The maximum absolute atomic E-state index is 10.1. The normalized spacial score (nSPS) is 37.6. The molecular weight excluding hydrogens is 212 g/mol. The van der Waals surface area contributed by atoms with Gasteiger partial charge >= 0.3 is 0 Å². The van der Waals surface area contributed by atoms with Gasteiger partial charge in [0.05, 0.1) is 17.3 Å². The average Bonchev–Trinajstić information content (AvgIpc) is 2.24. The van der Waals surface area contributed by atoms with Crippen molar-refractivity contribution in [2.24, 2.45) is 0 Å². The highest BCUT2D eigenvalue weighted by Crippen LogP contribution is 2.38. The topological polar surface area (TPSA) is 29.5 Å². The van der Waals surface area contributed by atoms with E-state index in [9.17, 15) is 5.11 Å². The van der Waals surface area contributed by atoms with Gasteiger partial charge in [0.2, 0.25) is 0 Å². The van der Waals surface area contributed by atoms with Gasteiger partial charge < -0.3 is 9.84 Å². The van der Waals surface area contributed by atoms with Crippen molar-refractivity contribution in [3.05, 3.63) is 24.3 Å². The summed E-state index contributed by atoms with van der Waals surface area (Å²) in [7, 11) is 0. The smallest absolute Gasteiger partial charge is 0.0926 e. The van der Waals surface area contributed by atoms with Gasteiger partial charge in [-0.15, -0.1) is 6.58 Å². The third-order valence-corrected chi connectivity index (χ3v) is 3.71. The van der Waals surface area contributed by atoms with Gasteiger partial charge in [0.1, 0.15) is 0 Å². The van der Waals surface area contributed by atoms with Gasteiger partial charge in [-0.2, -0.15) is 0 Å². The number of allylic oxidation sites excluding steroid dienone is 2. The number of ether oxygens (including phenoxy) is 1. The molecule has 1 rings (SSSR count). The summed E-state index contributed by atoms with van der Waals surface area (Å²) in [5.41, 5.74) is 0.567. The van der Waals surface area contributed by atoms with Crippen LogP contribution in [0.1, 0.15) is 53.4 Å². The third kappa shape index (κ3) is 3.68. The second-order valence-corrected chi connectivity index (χ2v) is 5.81. The fraction of sp³-hybridized carbons (Fsp3) is 0.733. The highest BCUT2D eigenvalue weighted by atomic mass is 16.5. The molecule has 0 aromatic rings. The van der Waals surface area contributed by atoms with E-state index in [0.717, 1.165) is 25.7 Å². The van der Waals surface area contributed by atoms with E-state index in [1.165, 1.54) is 5.57 Å². The van der Waals surface area contributed by atoms with Crippen molar-refractivity contribution >= 4 is 0 Å². The Balaban J connectivity index is 2.70. The number of hydrogen-bond acceptors (Lipinski definition) is 2. The Labute approximate surface area is 105 Å². The summed E-state index contributed by atoms with van der Waals surface area (Å²) in [4.78, 5) is 0. The first-order valence-corrected chi connectivity index (χ1v) is 6.46. The highest BCUT2D eigenvalue weighted by molar-refractivity contribution is 5.04. The summed E-state index contributed by atoms with van der Waals surface area (Å²) in [6, 6.07) is 0. The number of hydrogen-bond donors (Lipinski definition) is 1. The van der Waals surface area contributed by atoms with Crippen LogP contribution in [0.5, 0.6) is 0 Å². The second-order valence-electron chi connectivity index (χ2n) is 5.81. The predicted octanol–water partition coefficient (Wildman–Crippen LogP) is 3.61. The Kier molecular flexibility index (Phi) is 4.56. The van der Waals surface area contributed by atoms with Crippen molar-refractivity contribution in [3.8, 4) is 0 Å². The zero-order valence-corrected chi connectivity index (χ0v) is 11.6. The molecule has 0 aromatic heterocycles. The van der Waals surface area contributed by atoms with Crippen LogP contribution >= 0.6 is 0 Å². The van der Waals surface area contributed by atoms with Crippen molar-refractivity contribution in [2.75, 3.05) is 0 Å². The SMILES string of the molecule is C=C[C@]1(C)CC[C@H](O)[C@](C)(CCC=C(C)C)O1. The molecule has 0 bridgehead atoms. The van der Waals surface area contributed by atoms with Crippen LogP contribution in [0.4, 0.5) is 0 Å². The number of aliphatic hydroxyl groups excluding tert-OH is 1. The molecular formula is C15H26O2. The summed E-state index contributed by atoms with van der Waals surface area (Å²) >= 11 is 0. The summed E-state index contributed by atoms with van der Waals surface area (Å²) in [6.45, 7) is 12.1. The van der Waals surface area contributed by atoms with Gasteiger partial charge in [-0.25, -0.2) is 0 Å². The van der Waals surface area contributed by atoms with Crippen LogP contribution in [0.25, 0.3) is 0 Å². The third-order valence-electron chi connectivity index (χ3n) is 3.71. The second kappa shape index (κ2) is 5.36. The predicted molar refractivity (Wildman–Crippen MR) is 72.0 cm³/mol. The van der Waals surface area contributed by atoms with Crippen LogP contribution in [0.15, 0.2) is 24.3 Å². The molecule has 0 saturated carbocycles. The van der Waals surface area contributed by atoms with E-state index in [0.29, 0.717) is 0 Å². The molecule has 1 aliphatic rings. The molecule has 17 heavy (non-hydrogen) atoms. The molecule has 0 aliphatic carbocycles. The summed E-state index contributed by atoms with van der Waals surface area (Å²) < 4.78 is 6.11. The lowest BCUT2D eigenvalue weighted by molar-refractivity contribution is -0.207. The molecule has 1 heterocycles. The van der Waals surface area contributed by atoms with Crippen molar-refractivity contribution in [1.82, 2.24) is 0 Å². The minimum Gasteiger partial charge on any atom is -0.390 e. The van der Waals surface area contributed by atoms with E-state index >= 15 is 0 Å². The van der Waals surface area contributed by atoms with Gasteiger partial charge in [0.25, 0.3) is 0 Å². The quantitative estimate of drug-likeness (QED) is 0.758. The minimum atomic E-state index is -0.451. The zero-order valence-electron chi connectivity index (χ0n) is 11.6. The average molecular weight is 238 g/mol. The first-order chi connectivity index (χ1) is 7.81. The van der Waals surface area contributed by atoms with E-state index in [1.54, 1.807) is 0 Å². The molecule has 3 atom stereocenters. The van der Waals surface area contributed by atoms with Crippen LogP contribution in [0, 0.1) is 0 Å². The van der Waals surface area contributed by atoms with Crippen LogP contribution in [-0.2, 0) is 4.74 Å². The van der Waals surface area contributed by atoms with Crippen molar-refractivity contribution in [1.29, 1.82) is 0 Å².